The van der Waals surface area contributed by atoms with E-state index in [1.165, 1.54) is 13.2 Å². The van der Waals surface area contributed by atoms with Gasteiger partial charge in [0.05, 0.1) is 7.11 Å². The molecule has 0 amide bonds. The Balaban J connectivity index is 1.97. The minimum atomic E-state index is -0.335. The molecule has 0 saturated carbocycles. The lowest BCUT2D eigenvalue weighted by Gasteiger charge is -2.14. The quantitative estimate of drug-likeness (QED) is 0.897. The van der Waals surface area contributed by atoms with Crippen molar-refractivity contribution >= 4 is 0 Å². The number of methoxy groups -OCH3 is 1. The smallest absolute Gasteiger partial charge is 0.165 e. The fraction of sp³-hybridized carbons (Fsp3) is 0.267. The van der Waals surface area contributed by atoms with Crippen molar-refractivity contribution < 1.29 is 9.13 Å². The van der Waals surface area contributed by atoms with Gasteiger partial charge in [-0.3, -0.25) is 4.98 Å². The Hall–Kier alpha value is -1.94. The van der Waals surface area contributed by atoms with Crippen LogP contribution in [0, 0.1) is 5.82 Å². The third kappa shape index (κ3) is 3.51. The van der Waals surface area contributed by atoms with Gasteiger partial charge in [0.25, 0.3) is 0 Å². The molecule has 0 aliphatic heterocycles. The van der Waals surface area contributed by atoms with Gasteiger partial charge in [-0.1, -0.05) is 6.07 Å². The minimum absolute atomic E-state index is 0.188. The highest BCUT2D eigenvalue weighted by molar-refractivity contribution is 5.29. The molecular weight excluding hydrogens is 243 g/mol. The van der Waals surface area contributed by atoms with E-state index in [0.717, 1.165) is 11.1 Å². The molecule has 1 N–H and O–H groups in total. The molecule has 0 saturated heterocycles. The molecule has 0 aliphatic carbocycles. The molecule has 19 heavy (non-hydrogen) atoms. The van der Waals surface area contributed by atoms with Crippen molar-refractivity contribution in [2.75, 3.05) is 7.11 Å². The maximum atomic E-state index is 13.5. The monoisotopic (exact) mass is 260 g/mol. The van der Waals surface area contributed by atoms with Gasteiger partial charge < -0.3 is 10.1 Å². The second-order valence-electron chi connectivity index (χ2n) is 4.35. The highest BCUT2D eigenvalue weighted by Crippen LogP contribution is 2.18. The number of ether oxygens (including phenoxy) is 1. The Kier molecular flexibility index (Phi) is 4.47. The molecule has 0 spiro atoms. The highest BCUT2D eigenvalue weighted by Gasteiger charge is 2.06. The molecular formula is C15H17FN2O. The van der Waals surface area contributed by atoms with E-state index in [-0.39, 0.29) is 17.6 Å². The molecule has 2 rings (SSSR count). The van der Waals surface area contributed by atoms with E-state index in [1.807, 2.05) is 18.2 Å². The van der Waals surface area contributed by atoms with E-state index < -0.39 is 0 Å². The van der Waals surface area contributed by atoms with Crippen molar-refractivity contribution in [3.8, 4) is 5.75 Å². The SMILES string of the molecule is COc1ccc(CN[C@@H](C)c2ccncc2)cc1F. The van der Waals surface area contributed by atoms with Gasteiger partial charge in [-0.2, -0.15) is 0 Å². The lowest BCUT2D eigenvalue weighted by Crippen LogP contribution is -2.18. The Morgan fingerprint density at radius 1 is 1.26 bits per heavy atom. The number of nitrogens with one attached hydrogen (secondary N) is 1. The van der Waals surface area contributed by atoms with Gasteiger partial charge in [0, 0.05) is 25.0 Å². The van der Waals surface area contributed by atoms with E-state index in [2.05, 4.69) is 17.2 Å². The highest BCUT2D eigenvalue weighted by atomic mass is 19.1. The lowest BCUT2D eigenvalue weighted by molar-refractivity contribution is 0.386. The largest absolute Gasteiger partial charge is 0.494 e. The van der Waals surface area contributed by atoms with E-state index in [0.29, 0.717) is 6.54 Å². The zero-order valence-corrected chi connectivity index (χ0v) is 11.1. The Morgan fingerprint density at radius 2 is 2.00 bits per heavy atom. The number of nitrogens with zero attached hydrogens (tertiary/aromatic N) is 1. The predicted octanol–water partition coefficient (Wildman–Crippen LogP) is 3.08. The van der Waals surface area contributed by atoms with E-state index in [4.69, 9.17) is 4.74 Å². The van der Waals surface area contributed by atoms with Gasteiger partial charge >= 0.3 is 0 Å². The molecule has 1 heterocycles. The van der Waals surface area contributed by atoms with Crippen molar-refractivity contribution in [3.63, 3.8) is 0 Å². The molecule has 1 aromatic carbocycles. The van der Waals surface area contributed by atoms with Crippen molar-refractivity contribution in [1.29, 1.82) is 0 Å². The summed E-state index contributed by atoms with van der Waals surface area (Å²) in [7, 11) is 1.46. The fourth-order valence-electron chi connectivity index (χ4n) is 1.86. The van der Waals surface area contributed by atoms with Crippen molar-refractivity contribution in [1.82, 2.24) is 10.3 Å². The van der Waals surface area contributed by atoms with Gasteiger partial charge in [-0.15, -0.1) is 0 Å². The second kappa shape index (κ2) is 6.29. The van der Waals surface area contributed by atoms with Crippen LogP contribution in [0.15, 0.2) is 42.7 Å². The number of hydrogen-bond donors (Lipinski definition) is 1. The van der Waals surface area contributed by atoms with Crippen LogP contribution in [-0.2, 0) is 6.54 Å². The fourth-order valence-corrected chi connectivity index (χ4v) is 1.86. The first kappa shape index (κ1) is 13.5. The molecule has 0 radical (unpaired) electrons. The summed E-state index contributed by atoms with van der Waals surface area (Å²) < 4.78 is 18.4. The number of hydrogen-bond acceptors (Lipinski definition) is 3. The van der Waals surface area contributed by atoms with Gasteiger partial charge in [0.1, 0.15) is 0 Å². The molecule has 100 valence electrons. The number of aromatic nitrogens is 1. The van der Waals surface area contributed by atoms with Crippen LogP contribution in [0.5, 0.6) is 5.75 Å². The maximum Gasteiger partial charge on any atom is 0.165 e. The van der Waals surface area contributed by atoms with E-state index in [9.17, 15) is 4.39 Å². The zero-order valence-electron chi connectivity index (χ0n) is 11.1. The van der Waals surface area contributed by atoms with E-state index >= 15 is 0 Å². The molecule has 0 bridgehead atoms. The van der Waals surface area contributed by atoms with Crippen LogP contribution >= 0.6 is 0 Å². The molecule has 1 atom stereocenters. The third-order valence-corrected chi connectivity index (χ3v) is 3.03. The van der Waals surface area contributed by atoms with Crippen LogP contribution in [-0.4, -0.2) is 12.1 Å². The number of rotatable bonds is 5. The van der Waals surface area contributed by atoms with Crippen molar-refractivity contribution in [3.05, 3.63) is 59.7 Å². The zero-order chi connectivity index (χ0) is 13.7. The average molecular weight is 260 g/mol. The van der Waals surface area contributed by atoms with Crippen LogP contribution in [0.2, 0.25) is 0 Å². The van der Waals surface area contributed by atoms with Crippen LogP contribution in [0.4, 0.5) is 4.39 Å². The summed E-state index contributed by atoms with van der Waals surface area (Å²) in [4.78, 5) is 3.99. The van der Waals surface area contributed by atoms with Gasteiger partial charge in [-0.05, 0) is 42.3 Å². The van der Waals surface area contributed by atoms with Crippen molar-refractivity contribution in [2.45, 2.75) is 19.5 Å². The first-order valence-electron chi connectivity index (χ1n) is 6.16. The topological polar surface area (TPSA) is 34.1 Å². The Labute approximate surface area is 112 Å². The summed E-state index contributed by atoms with van der Waals surface area (Å²) in [6.45, 7) is 2.67. The van der Waals surface area contributed by atoms with Crippen molar-refractivity contribution in [2.24, 2.45) is 0 Å². The predicted molar refractivity (Wildman–Crippen MR) is 72.4 cm³/mol. The van der Waals surface area contributed by atoms with E-state index in [1.54, 1.807) is 18.5 Å². The molecule has 3 nitrogen and oxygen atoms in total. The summed E-state index contributed by atoms with van der Waals surface area (Å²) in [6.07, 6.45) is 3.53. The molecule has 2 aromatic rings. The molecule has 4 heteroatoms. The van der Waals surface area contributed by atoms with Crippen LogP contribution in [0.25, 0.3) is 0 Å². The van der Waals surface area contributed by atoms with Gasteiger partial charge in [0.15, 0.2) is 11.6 Å². The lowest BCUT2D eigenvalue weighted by atomic mass is 10.1. The molecule has 0 fully saturated rings. The number of pyridine rings is 1. The van der Waals surface area contributed by atoms with Gasteiger partial charge in [-0.25, -0.2) is 4.39 Å². The second-order valence-corrected chi connectivity index (χ2v) is 4.35. The third-order valence-electron chi connectivity index (χ3n) is 3.03. The van der Waals surface area contributed by atoms with Crippen LogP contribution < -0.4 is 10.1 Å². The number of halogens is 1. The normalized spacial score (nSPS) is 12.2. The molecule has 0 aliphatic rings. The summed E-state index contributed by atoms with van der Waals surface area (Å²) >= 11 is 0. The van der Waals surface area contributed by atoms with Gasteiger partial charge in [0.2, 0.25) is 0 Å². The average Bonchev–Trinajstić information content (AvgIpc) is 2.46. The number of benzene rings is 1. The molecule has 1 aromatic heterocycles. The van der Waals surface area contributed by atoms with Crippen LogP contribution in [0.1, 0.15) is 24.1 Å². The standard InChI is InChI=1S/C15H17FN2O/c1-11(13-5-7-17-8-6-13)18-10-12-3-4-15(19-2)14(16)9-12/h3-9,11,18H,10H2,1-2H3/t11-/m0/s1. The summed E-state index contributed by atoms with van der Waals surface area (Å²) in [5.41, 5.74) is 2.04. The Bertz CT molecular complexity index is 531. The minimum Gasteiger partial charge on any atom is -0.494 e. The summed E-state index contributed by atoms with van der Waals surface area (Å²) in [6, 6.07) is 9.11. The summed E-state index contributed by atoms with van der Waals surface area (Å²) in [5.74, 6) is -0.0655. The molecule has 0 unspecified atom stereocenters. The maximum absolute atomic E-state index is 13.5. The first-order chi connectivity index (χ1) is 9.20. The summed E-state index contributed by atoms with van der Waals surface area (Å²) in [5, 5.41) is 3.34. The van der Waals surface area contributed by atoms with Crippen LogP contribution in [0.3, 0.4) is 0 Å². The Morgan fingerprint density at radius 3 is 2.63 bits per heavy atom. The first-order valence-corrected chi connectivity index (χ1v) is 6.16.